The number of hydrogen-bond donors (Lipinski definition) is 4. The molecule has 0 unspecified atom stereocenters. The Morgan fingerprint density at radius 1 is 1.37 bits per heavy atom. The van der Waals surface area contributed by atoms with Gasteiger partial charge in [0, 0.05) is 31.3 Å². The summed E-state index contributed by atoms with van der Waals surface area (Å²) in [6.45, 7) is 0.951. The number of thioether (sulfide) groups is 1. The molecule has 0 fully saturated rings. The topological polar surface area (TPSA) is 156 Å². The van der Waals surface area contributed by atoms with Crippen molar-refractivity contribution in [1.82, 2.24) is 15.3 Å². The molecule has 0 saturated carbocycles. The lowest BCUT2D eigenvalue weighted by Gasteiger charge is -2.09. The number of carbonyl (C=O) groups excluding carboxylic acids is 1. The molecule has 2 aromatic rings. The number of carbonyl (C=O) groups is 1. The number of nitro groups is 1. The Labute approximate surface area is 163 Å². The van der Waals surface area contributed by atoms with Gasteiger partial charge in [-0.1, -0.05) is 23.4 Å². The second-order valence-electron chi connectivity index (χ2n) is 5.32. The van der Waals surface area contributed by atoms with E-state index in [0.717, 1.165) is 17.8 Å². The van der Waals surface area contributed by atoms with E-state index < -0.39 is 4.92 Å². The SMILES string of the molecule is Nc1cc(=O)[nH]c(SCC(=O)NCCCNc2ccc([N+](=O)[O-])cc2Cl)n1. The van der Waals surface area contributed by atoms with Gasteiger partial charge < -0.3 is 21.4 Å². The van der Waals surface area contributed by atoms with E-state index in [1.165, 1.54) is 18.2 Å². The van der Waals surface area contributed by atoms with Crippen molar-refractivity contribution in [3.05, 3.63) is 49.8 Å². The van der Waals surface area contributed by atoms with Crippen LogP contribution in [0.2, 0.25) is 5.02 Å². The van der Waals surface area contributed by atoms with Crippen molar-refractivity contribution in [2.24, 2.45) is 0 Å². The van der Waals surface area contributed by atoms with E-state index in [9.17, 15) is 19.7 Å². The monoisotopic (exact) mass is 412 g/mol. The average molecular weight is 413 g/mol. The number of benzene rings is 1. The molecular weight excluding hydrogens is 396 g/mol. The number of hydrogen-bond acceptors (Lipinski definition) is 8. The van der Waals surface area contributed by atoms with Gasteiger partial charge in [0.2, 0.25) is 5.91 Å². The van der Waals surface area contributed by atoms with Crippen molar-refractivity contribution in [3.8, 4) is 0 Å². The molecule has 1 aromatic carbocycles. The van der Waals surface area contributed by atoms with Crippen LogP contribution in [-0.2, 0) is 4.79 Å². The number of nitrogens with zero attached hydrogens (tertiary/aromatic N) is 2. The van der Waals surface area contributed by atoms with E-state index in [1.807, 2.05) is 0 Å². The molecule has 2 rings (SSSR count). The zero-order valence-electron chi connectivity index (χ0n) is 14.0. The number of nitrogens with one attached hydrogen (secondary N) is 3. The first-order valence-corrected chi connectivity index (χ1v) is 9.15. The fourth-order valence-corrected chi connectivity index (χ4v) is 2.96. The Bertz CT molecular complexity index is 891. The van der Waals surface area contributed by atoms with Gasteiger partial charge in [-0.2, -0.15) is 0 Å². The third kappa shape index (κ3) is 6.79. The summed E-state index contributed by atoms with van der Waals surface area (Å²) in [7, 11) is 0. The molecule has 144 valence electrons. The molecule has 0 radical (unpaired) electrons. The number of aromatic nitrogens is 2. The second-order valence-corrected chi connectivity index (χ2v) is 6.69. The van der Waals surface area contributed by atoms with Gasteiger partial charge in [0.05, 0.1) is 21.4 Å². The van der Waals surface area contributed by atoms with Gasteiger partial charge in [0.1, 0.15) is 5.82 Å². The molecule has 27 heavy (non-hydrogen) atoms. The van der Waals surface area contributed by atoms with E-state index in [2.05, 4.69) is 20.6 Å². The highest BCUT2D eigenvalue weighted by molar-refractivity contribution is 7.99. The van der Waals surface area contributed by atoms with Gasteiger partial charge in [0.15, 0.2) is 5.16 Å². The molecule has 0 spiro atoms. The van der Waals surface area contributed by atoms with Crippen LogP contribution in [0.15, 0.2) is 34.2 Å². The zero-order chi connectivity index (χ0) is 19.8. The van der Waals surface area contributed by atoms with Crippen LogP contribution in [0.5, 0.6) is 0 Å². The third-order valence-electron chi connectivity index (χ3n) is 3.23. The van der Waals surface area contributed by atoms with Gasteiger partial charge >= 0.3 is 0 Å². The lowest BCUT2D eigenvalue weighted by atomic mass is 10.2. The Morgan fingerprint density at radius 2 is 2.15 bits per heavy atom. The van der Waals surface area contributed by atoms with Crippen molar-refractivity contribution >= 4 is 46.5 Å². The number of nitrogen functional groups attached to an aromatic ring is 1. The second kappa shape index (κ2) is 9.78. The van der Waals surface area contributed by atoms with Gasteiger partial charge in [-0.05, 0) is 12.5 Å². The van der Waals surface area contributed by atoms with Crippen LogP contribution in [0, 0.1) is 10.1 Å². The number of halogens is 1. The summed E-state index contributed by atoms with van der Waals surface area (Å²) in [6.07, 6.45) is 0.622. The van der Waals surface area contributed by atoms with Crippen molar-refractivity contribution in [1.29, 1.82) is 0 Å². The molecule has 0 bridgehead atoms. The van der Waals surface area contributed by atoms with Crippen LogP contribution in [0.25, 0.3) is 0 Å². The van der Waals surface area contributed by atoms with Gasteiger partial charge in [0.25, 0.3) is 11.2 Å². The molecule has 0 atom stereocenters. The molecule has 12 heteroatoms. The van der Waals surface area contributed by atoms with Crippen LogP contribution in [0.1, 0.15) is 6.42 Å². The first-order valence-electron chi connectivity index (χ1n) is 7.79. The van der Waals surface area contributed by atoms with Crippen LogP contribution in [-0.4, -0.2) is 39.6 Å². The normalized spacial score (nSPS) is 10.4. The quantitative estimate of drug-likeness (QED) is 0.159. The molecule has 0 aliphatic heterocycles. The molecule has 1 aromatic heterocycles. The van der Waals surface area contributed by atoms with Crippen molar-refractivity contribution in [2.75, 3.05) is 29.9 Å². The van der Waals surface area contributed by atoms with E-state index in [4.69, 9.17) is 17.3 Å². The fraction of sp³-hybridized carbons (Fsp3) is 0.267. The Kier molecular flexibility index (Phi) is 7.44. The molecule has 0 saturated heterocycles. The minimum Gasteiger partial charge on any atom is -0.384 e. The summed E-state index contributed by atoms with van der Waals surface area (Å²) < 4.78 is 0. The summed E-state index contributed by atoms with van der Waals surface area (Å²) in [4.78, 5) is 39.6. The minimum atomic E-state index is -0.516. The highest BCUT2D eigenvalue weighted by Crippen LogP contribution is 2.26. The molecule has 1 heterocycles. The van der Waals surface area contributed by atoms with Crippen LogP contribution in [0.4, 0.5) is 17.2 Å². The van der Waals surface area contributed by atoms with E-state index >= 15 is 0 Å². The maximum absolute atomic E-state index is 11.8. The van der Waals surface area contributed by atoms with Gasteiger partial charge in [-0.25, -0.2) is 4.98 Å². The fourth-order valence-electron chi connectivity index (χ4n) is 2.01. The number of nitro benzene ring substituents is 1. The minimum absolute atomic E-state index is 0.0775. The molecular formula is C15H17ClN6O4S. The first-order chi connectivity index (χ1) is 12.8. The molecule has 0 aliphatic carbocycles. The number of anilines is 2. The van der Waals surface area contributed by atoms with E-state index in [1.54, 1.807) is 0 Å². The smallest absolute Gasteiger partial charge is 0.271 e. The summed E-state index contributed by atoms with van der Waals surface area (Å²) >= 11 is 7.06. The number of non-ortho nitro benzene ring substituents is 1. The number of H-pyrrole nitrogens is 1. The molecule has 5 N–H and O–H groups in total. The van der Waals surface area contributed by atoms with Crippen molar-refractivity contribution in [2.45, 2.75) is 11.6 Å². The van der Waals surface area contributed by atoms with Crippen molar-refractivity contribution < 1.29 is 9.72 Å². The molecule has 0 aliphatic rings. The lowest BCUT2D eigenvalue weighted by Crippen LogP contribution is -2.27. The standard InChI is InChI=1S/C15H17ClN6O4S/c16-10-6-9(22(25)26)2-3-11(10)18-4-1-5-19-14(24)8-27-15-20-12(17)7-13(23)21-15/h2-3,6-7,18H,1,4-5,8H2,(H,19,24)(H3,17,20,21,23). The number of amides is 1. The first kappa shape index (κ1) is 20.5. The zero-order valence-corrected chi connectivity index (χ0v) is 15.6. The predicted octanol–water partition coefficient (Wildman–Crippen LogP) is 1.62. The number of aromatic amines is 1. The van der Waals surface area contributed by atoms with Crippen LogP contribution in [0.3, 0.4) is 0 Å². The molecule has 1 amide bonds. The molecule has 10 nitrogen and oxygen atoms in total. The van der Waals surface area contributed by atoms with Crippen LogP contribution < -0.4 is 21.9 Å². The summed E-state index contributed by atoms with van der Waals surface area (Å²) in [5.74, 6) is -0.0235. The maximum Gasteiger partial charge on any atom is 0.271 e. The average Bonchev–Trinajstić information content (AvgIpc) is 2.60. The highest BCUT2D eigenvalue weighted by atomic mass is 35.5. The van der Waals surface area contributed by atoms with Gasteiger partial charge in [-0.15, -0.1) is 0 Å². The summed E-state index contributed by atoms with van der Waals surface area (Å²) in [5.41, 5.74) is 5.60. The number of nitrogens with two attached hydrogens (primary N) is 1. The van der Waals surface area contributed by atoms with E-state index in [0.29, 0.717) is 25.2 Å². The number of rotatable bonds is 9. The Morgan fingerprint density at radius 3 is 2.81 bits per heavy atom. The Balaban J connectivity index is 1.67. The summed E-state index contributed by atoms with van der Waals surface area (Å²) in [6, 6.07) is 5.34. The largest absolute Gasteiger partial charge is 0.384 e. The maximum atomic E-state index is 11.8. The third-order valence-corrected chi connectivity index (χ3v) is 4.42. The van der Waals surface area contributed by atoms with Gasteiger partial charge in [-0.3, -0.25) is 19.7 Å². The van der Waals surface area contributed by atoms with Crippen LogP contribution >= 0.6 is 23.4 Å². The van der Waals surface area contributed by atoms with E-state index in [-0.39, 0.29) is 38.9 Å². The van der Waals surface area contributed by atoms with Crippen molar-refractivity contribution in [3.63, 3.8) is 0 Å². The lowest BCUT2D eigenvalue weighted by molar-refractivity contribution is -0.384. The predicted molar refractivity (Wildman–Crippen MR) is 104 cm³/mol. The summed E-state index contributed by atoms with van der Waals surface area (Å²) in [5, 5.41) is 17.0. The highest BCUT2D eigenvalue weighted by Gasteiger charge is 2.09. The Hall–Kier alpha value is -2.79.